The maximum atomic E-state index is 10.7. The molecule has 0 atom stereocenters. The topological polar surface area (TPSA) is 40.5 Å². The Balaban J connectivity index is 2.32. The normalized spacial score (nSPS) is 18.2. The highest BCUT2D eigenvalue weighted by atomic mass is 16.4. The van der Waals surface area contributed by atoms with Gasteiger partial charge in [0.2, 0.25) is 0 Å². The summed E-state index contributed by atoms with van der Waals surface area (Å²) in [4.78, 5) is 13.0. The molecule has 0 saturated carbocycles. The Hall–Kier alpha value is -2.29. The number of hydrogen-bond donors (Lipinski definition) is 1. The summed E-state index contributed by atoms with van der Waals surface area (Å²) in [5.74, 6) is -0.917. The lowest BCUT2D eigenvalue weighted by Crippen LogP contribution is -2.19. The largest absolute Gasteiger partial charge is 0.478 e. The van der Waals surface area contributed by atoms with Gasteiger partial charge in [-0.05, 0) is 66.5 Å². The number of carbonyl (C=O) groups is 1. The van der Waals surface area contributed by atoms with Crippen LogP contribution in [0.15, 0.2) is 48.1 Å². The molecular formula is C22H29NO2. The third kappa shape index (κ3) is 4.85. The zero-order chi connectivity index (χ0) is 18.6. The van der Waals surface area contributed by atoms with Crippen LogP contribution >= 0.6 is 0 Å². The zero-order valence-corrected chi connectivity index (χ0v) is 16.0. The van der Waals surface area contributed by atoms with E-state index in [4.69, 9.17) is 5.11 Å². The van der Waals surface area contributed by atoms with Crippen molar-refractivity contribution in [2.75, 3.05) is 18.5 Å². The molecule has 1 N–H and O–H groups in total. The van der Waals surface area contributed by atoms with Crippen molar-refractivity contribution < 1.29 is 9.90 Å². The molecule has 1 aromatic carbocycles. The monoisotopic (exact) mass is 339 g/mol. The number of hydrogen-bond acceptors (Lipinski definition) is 2. The van der Waals surface area contributed by atoms with Gasteiger partial charge in [-0.15, -0.1) is 0 Å². The second kappa shape index (κ2) is 7.73. The van der Waals surface area contributed by atoms with Crippen LogP contribution in [0, 0.1) is 0 Å². The number of allylic oxidation sites excluding steroid dienone is 5. The Kier molecular flexibility index (Phi) is 5.89. The average Bonchev–Trinajstić information content (AvgIpc) is 2.63. The van der Waals surface area contributed by atoms with Gasteiger partial charge < -0.3 is 10.0 Å². The van der Waals surface area contributed by atoms with E-state index in [9.17, 15) is 4.79 Å². The second-order valence-corrected chi connectivity index (χ2v) is 7.58. The second-order valence-electron chi connectivity index (χ2n) is 7.58. The van der Waals surface area contributed by atoms with E-state index in [1.54, 1.807) is 6.92 Å². The lowest BCUT2D eigenvalue weighted by molar-refractivity contribution is -0.131. The fraction of sp³-hybridized carbons (Fsp3) is 0.409. The highest BCUT2D eigenvalue weighted by Gasteiger charge is 2.28. The van der Waals surface area contributed by atoms with E-state index in [0.717, 1.165) is 12.1 Å². The van der Waals surface area contributed by atoms with Gasteiger partial charge in [0.25, 0.3) is 0 Å². The molecule has 3 nitrogen and oxygen atoms in total. The van der Waals surface area contributed by atoms with E-state index >= 15 is 0 Å². The summed E-state index contributed by atoms with van der Waals surface area (Å²) in [6.07, 6.45) is 9.37. The van der Waals surface area contributed by atoms with Crippen molar-refractivity contribution in [3.63, 3.8) is 0 Å². The van der Waals surface area contributed by atoms with Crippen LogP contribution in [0.5, 0.6) is 0 Å². The molecule has 0 aromatic heterocycles. The lowest BCUT2D eigenvalue weighted by Gasteiger charge is -2.27. The Morgan fingerprint density at radius 2 is 2.00 bits per heavy atom. The molecule has 3 heteroatoms. The van der Waals surface area contributed by atoms with Crippen molar-refractivity contribution in [2.24, 2.45) is 0 Å². The van der Waals surface area contributed by atoms with Gasteiger partial charge in [0, 0.05) is 25.4 Å². The van der Waals surface area contributed by atoms with E-state index in [-0.39, 0.29) is 5.41 Å². The molecular weight excluding hydrogens is 310 g/mol. The van der Waals surface area contributed by atoms with Crippen molar-refractivity contribution >= 4 is 17.2 Å². The molecule has 0 fully saturated rings. The number of fused-ring (bicyclic) bond motifs is 1. The molecule has 0 amide bonds. The molecule has 0 aliphatic carbocycles. The summed E-state index contributed by atoms with van der Waals surface area (Å²) < 4.78 is 0. The Bertz CT molecular complexity index is 738. The molecule has 25 heavy (non-hydrogen) atoms. The maximum absolute atomic E-state index is 10.7. The van der Waals surface area contributed by atoms with Crippen molar-refractivity contribution in [1.29, 1.82) is 0 Å². The van der Waals surface area contributed by atoms with Crippen molar-refractivity contribution in [1.82, 2.24) is 0 Å². The van der Waals surface area contributed by atoms with E-state index < -0.39 is 5.97 Å². The first kappa shape index (κ1) is 19.0. The van der Waals surface area contributed by atoms with Crippen LogP contribution in [0.1, 0.15) is 51.7 Å². The molecule has 0 unspecified atom stereocenters. The summed E-state index contributed by atoms with van der Waals surface area (Å²) in [6, 6.07) is 6.72. The smallest absolute Gasteiger partial charge is 0.328 e. The van der Waals surface area contributed by atoms with Crippen molar-refractivity contribution in [2.45, 2.75) is 46.0 Å². The molecule has 1 aliphatic rings. The Morgan fingerprint density at radius 1 is 1.28 bits per heavy atom. The number of carboxylic acid groups (broad SMARTS) is 1. The van der Waals surface area contributed by atoms with Gasteiger partial charge >= 0.3 is 5.97 Å². The first-order chi connectivity index (χ1) is 11.7. The average molecular weight is 339 g/mol. The molecule has 0 radical (unpaired) electrons. The molecule has 1 heterocycles. The fourth-order valence-corrected chi connectivity index (χ4v) is 3.35. The third-order valence-electron chi connectivity index (χ3n) is 4.94. The first-order valence-electron chi connectivity index (χ1n) is 8.83. The summed E-state index contributed by atoms with van der Waals surface area (Å²) in [6.45, 7) is 9.63. The standard InChI is InChI=1S/C22H29NO2/c1-16(14-21(24)25)8-6-9-17(2)18-10-11-20-19(15-18)22(3,4)12-7-13-23(20)5/h6,8-11,14-15H,7,12-13H2,1-5H3,(H,24,25)/b8-6+,16-14+,17-9+. The number of aliphatic carboxylic acids is 1. The third-order valence-corrected chi connectivity index (χ3v) is 4.94. The Morgan fingerprint density at radius 3 is 2.68 bits per heavy atom. The van der Waals surface area contributed by atoms with Crippen LogP contribution in [-0.4, -0.2) is 24.7 Å². The first-order valence-corrected chi connectivity index (χ1v) is 8.83. The molecule has 1 aromatic rings. The lowest BCUT2D eigenvalue weighted by atomic mass is 9.79. The molecule has 0 saturated heterocycles. The summed E-state index contributed by atoms with van der Waals surface area (Å²) >= 11 is 0. The zero-order valence-electron chi connectivity index (χ0n) is 16.0. The molecule has 1 aliphatic heterocycles. The predicted molar refractivity (Wildman–Crippen MR) is 106 cm³/mol. The minimum atomic E-state index is -0.917. The maximum Gasteiger partial charge on any atom is 0.328 e. The number of rotatable bonds is 4. The quantitative estimate of drug-likeness (QED) is 0.606. The fourth-order valence-electron chi connectivity index (χ4n) is 3.35. The van der Waals surface area contributed by atoms with Crippen molar-refractivity contribution in [3.8, 4) is 0 Å². The highest BCUT2D eigenvalue weighted by molar-refractivity contribution is 5.81. The van der Waals surface area contributed by atoms with Gasteiger partial charge in [-0.1, -0.05) is 38.1 Å². The highest BCUT2D eigenvalue weighted by Crippen LogP contribution is 2.39. The Labute approximate surface area is 151 Å². The van der Waals surface area contributed by atoms with Crippen molar-refractivity contribution in [3.05, 3.63) is 59.2 Å². The minimum absolute atomic E-state index is 0.174. The SMILES string of the molecule is CC(/C=C/C=C(\C)c1ccc2c(c1)C(C)(C)CCCN2C)=C\C(=O)O. The van der Waals surface area contributed by atoms with Crippen LogP contribution in [0.4, 0.5) is 5.69 Å². The van der Waals surface area contributed by atoms with E-state index in [1.807, 2.05) is 18.2 Å². The minimum Gasteiger partial charge on any atom is -0.478 e. The summed E-state index contributed by atoms with van der Waals surface area (Å²) in [5.41, 5.74) is 6.02. The van der Waals surface area contributed by atoms with Crippen LogP contribution in [0.25, 0.3) is 5.57 Å². The van der Waals surface area contributed by atoms with E-state index in [2.05, 4.69) is 50.9 Å². The number of benzene rings is 1. The summed E-state index contributed by atoms with van der Waals surface area (Å²) in [5, 5.41) is 8.75. The van der Waals surface area contributed by atoms with Crippen LogP contribution in [0.2, 0.25) is 0 Å². The number of anilines is 1. The van der Waals surface area contributed by atoms with Gasteiger partial charge in [0.15, 0.2) is 0 Å². The van der Waals surface area contributed by atoms with E-state index in [1.165, 1.54) is 41.3 Å². The number of carboxylic acids is 1. The van der Waals surface area contributed by atoms with Crippen LogP contribution in [0.3, 0.4) is 0 Å². The van der Waals surface area contributed by atoms with Gasteiger partial charge in [0.05, 0.1) is 0 Å². The van der Waals surface area contributed by atoms with Gasteiger partial charge in [-0.2, -0.15) is 0 Å². The van der Waals surface area contributed by atoms with Gasteiger partial charge in [-0.25, -0.2) is 4.79 Å². The molecule has 2 rings (SSSR count). The molecule has 0 spiro atoms. The predicted octanol–water partition coefficient (Wildman–Crippen LogP) is 5.18. The molecule has 0 bridgehead atoms. The van der Waals surface area contributed by atoms with Crippen LogP contribution < -0.4 is 4.90 Å². The summed E-state index contributed by atoms with van der Waals surface area (Å²) in [7, 11) is 2.17. The molecule has 134 valence electrons. The number of nitrogens with zero attached hydrogens (tertiary/aromatic N) is 1. The van der Waals surface area contributed by atoms with Gasteiger partial charge in [0.1, 0.15) is 0 Å². The van der Waals surface area contributed by atoms with Crippen LogP contribution in [-0.2, 0) is 10.2 Å². The van der Waals surface area contributed by atoms with E-state index in [0.29, 0.717) is 0 Å². The van der Waals surface area contributed by atoms with Gasteiger partial charge in [-0.3, -0.25) is 0 Å².